The van der Waals surface area contributed by atoms with Crippen LogP contribution in [0.1, 0.15) is 38.2 Å². The third-order valence-corrected chi connectivity index (χ3v) is 6.73. The number of aliphatic carboxylic acids is 1. The van der Waals surface area contributed by atoms with Crippen molar-refractivity contribution >= 4 is 40.6 Å². The lowest BCUT2D eigenvalue weighted by atomic mass is 10.0. The van der Waals surface area contributed by atoms with Crippen molar-refractivity contribution < 1.29 is 29.4 Å². The van der Waals surface area contributed by atoms with Crippen LogP contribution in [0.15, 0.2) is 35.5 Å². The fourth-order valence-electron chi connectivity index (χ4n) is 4.59. The number of carboxylic acid groups (broad SMARTS) is 1. The van der Waals surface area contributed by atoms with Gasteiger partial charge < -0.3 is 47.9 Å². The number of aromatic amines is 1. The van der Waals surface area contributed by atoms with Crippen LogP contribution >= 0.6 is 0 Å². The maximum absolute atomic E-state index is 13.3. The number of fused-ring (bicyclic) bond motifs is 1. The van der Waals surface area contributed by atoms with E-state index in [0.29, 0.717) is 18.5 Å². The Bertz CT molecular complexity index is 1220. The maximum Gasteiger partial charge on any atom is 0.326 e. The summed E-state index contributed by atoms with van der Waals surface area (Å²) in [6.45, 7) is 2.19. The van der Waals surface area contributed by atoms with Gasteiger partial charge in [-0.25, -0.2) is 4.79 Å². The smallest absolute Gasteiger partial charge is 0.326 e. The van der Waals surface area contributed by atoms with Gasteiger partial charge in [0.1, 0.15) is 18.1 Å². The molecule has 0 radical (unpaired) electrons. The average Bonchev–Trinajstić information content (AvgIpc) is 3.59. The number of hydrogen-bond donors (Lipinski definition) is 9. The Labute approximate surface area is 231 Å². The van der Waals surface area contributed by atoms with E-state index in [4.69, 9.17) is 11.5 Å². The highest BCUT2D eigenvalue weighted by Gasteiger charge is 2.33. The largest absolute Gasteiger partial charge is 0.480 e. The van der Waals surface area contributed by atoms with Crippen molar-refractivity contribution in [2.75, 3.05) is 13.1 Å². The summed E-state index contributed by atoms with van der Waals surface area (Å²) in [6.07, 6.45) is 2.20. The Kier molecular flexibility index (Phi) is 10.8. The molecule has 1 aromatic heterocycles. The van der Waals surface area contributed by atoms with Crippen LogP contribution in [0.4, 0.5) is 0 Å². The first-order chi connectivity index (χ1) is 19.1. The van der Waals surface area contributed by atoms with E-state index in [-0.39, 0.29) is 31.8 Å². The lowest BCUT2D eigenvalue weighted by Gasteiger charge is -2.26. The van der Waals surface area contributed by atoms with Crippen LogP contribution in [-0.4, -0.2) is 88.2 Å². The molecular weight excluding hydrogens is 520 g/mol. The highest BCUT2D eigenvalue weighted by molar-refractivity contribution is 5.94. The van der Waals surface area contributed by atoms with E-state index >= 15 is 0 Å². The minimum Gasteiger partial charge on any atom is -0.480 e. The lowest BCUT2D eigenvalue weighted by Crippen LogP contribution is -2.59. The predicted octanol–water partition coefficient (Wildman–Crippen LogP) is -1.56. The number of aliphatic hydroxyl groups excluding tert-OH is 1. The number of nitrogens with one attached hydrogen (secondary N) is 5. The number of carbonyl (C=O) groups is 4. The molecule has 1 aromatic carbocycles. The minimum atomic E-state index is -1.33. The van der Waals surface area contributed by atoms with Crippen LogP contribution in [0.3, 0.4) is 0 Å². The fourth-order valence-corrected chi connectivity index (χ4v) is 4.59. The summed E-state index contributed by atoms with van der Waals surface area (Å²) in [6, 6.07) is 3.10. The molecule has 0 spiro atoms. The van der Waals surface area contributed by atoms with Crippen LogP contribution in [-0.2, 0) is 25.6 Å². The molecule has 5 atom stereocenters. The average molecular weight is 559 g/mol. The summed E-state index contributed by atoms with van der Waals surface area (Å²) in [7, 11) is 0. The first-order valence-electron chi connectivity index (χ1n) is 13.2. The number of hydrogen-bond acceptors (Lipinski definition) is 7. The molecule has 5 unspecified atom stereocenters. The number of H-pyrrole nitrogens is 1. The zero-order valence-corrected chi connectivity index (χ0v) is 22.4. The molecular formula is C26H38N8O6. The van der Waals surface area contributed by atoms with Gasteiger partial charge in [-0.05, 0) is 50.8 Å². The molecule has 1 aliphatic heterocycles. The summed E-state index contributed by atoms with van der Waals surface area (Å²) in [5.74, 6) is -3.34. The zero-order valence-electron chi connectivity index (χ0n) is 22.4. The number of aliphatic imine (C=N–C) groups is 1. The van der Waals surface area contributed by atoms with Crippen LogP contribution in [0.2, 0.25) is 0 Å². The quantitative estimate of drug-likeness (QED) is 0.0739. The summed E-state index contributed by atoms with van der Waals surface area (Å²) in [4.78, 5) is 58.0. The van der Waals surface area contributed by atoms with E-state index in [2.05, 4.69) is 31.2 Å². The number of amides is 3. The number of rotatable bonds is 14. The van der Waals surface area contributed by atoms with Crippen LogP contribution in [0.25, 0.3) is 10.9 Å². The second-order valence-corrected chi connectivity index (χ2v) is 9.85. The normalized spacial score (nSPS) is 17.8. The van der Waals surface area contributed by atoms with Gasteiger partial charge in [-0.15, -0.1) is 0 Å². The first-order valence-corrected chi connectivity index (χ1v) is 13.2. The topological polar surface area (TPSA) is 237 Å². The summed E-state index contributed by atoms with van der Waals surface area (Å²) >= 11 is 0. The summed E-state index contributed by atoms with van der Waals surface area (Å²) in [5, 5.41) is 31.5. The number of benzene rings is 1. The third-order valence-electron chi connectivity index (χ3n) is 6.73. The molecule has 1 fully saturated rings. The van der Waals surface area contributed by atoms with E-state index in [1.807, 2.05) is 24.3 Å². The van der Waals surface area contributed by atoms with Gasteiger partial charge in [0.15, 0.2) is 5.96 Å². The molecule has 2 aromatic rings. The Hall–Kier alpha value is -4.17. The third kappa shape index (κ3) is 8.41. The van der Waals surface area contributed by atoms with E-state index in [1.54, 1.807) is 6.20 Å². The molecule has 1 aliphatic rings. The molecule has 40 heavy (non-hydrogen) atoms. The van der Waals surface area contributed by atoms with E-state index in [0.717, 1.165) is 17.3 Å². The number of aromatic nitrogens is 1. The van der Waals surface area contributed by atoms with Crippen molar-refractivity contribution in [1.29, 1.82) is 0 Å². The van der Waals surface area contributed by atoms with Gasteiger partial charge in [-0.1, -0.05) is 18.2 Å². The maximum atomic E-state index is 13.3. The van der Waals surface area contributed by atoms with Gasteiger partial charge in [-0.3, -0.25) is 19.4 Å². The molecule has 0 saturated carbocycles. The summed E-state index contributed by atoms with van der Waals surface area (Å²) in [5.41, 5.74) is 12.3. The van der Waals surface area contributed by atoms with Gasteiger partial charge in [0.05, 0.1) is 12.1 Å². The Morgan fingerprint density at radius 2 is 1.82 bits per heavy atom. The second kappa shape index (κ2) is 14.3. The Morgan fingerprint density at radius 3 is 2.48 bits per heavy atom. The monoisotopic (exact) mass is 558 g/mol. The number of nitrogens with zero attached hydrogens (tertiary/aromatic N) is 1. The lowest BCUT2D eigenvalue weighted by molar-refractivity contribution is -0.142. The van der Waals surface area contributed by atoms with Crippen LogP contribution in [0.5, 0.6) is 0 Å². The molecule has 0 bridgehead atoms. The zero-order chi connectivity index (χ0) is 29.2. The first kappa shape index (κ1) is 30.4. The van der Waals surface area contributed by atoms with Crippen molar-refractivity contribution in [3.05, 3.63) is 36.0 Å². The molecule has 0 aliphatic carbocycles. The van der Waals surface area contributed by atoms with Crippen molar-refractivity contribution in [1.82, 2.24) is 26.3 Å². The predicted molar refractivity (Wildman–Crippen MR) is 148 cm³/mol. The molecule has 3 amide bonds. The van der Waals surface area contributed by atoms with Crippen molar-refractivity contribution in [2.45, 2.75) is 69.3 Å². The molecule has 1 saturated heterocycles. The Balaban J connectivity index is 1.73. The van der Waals surface area contributed by atoms with Crippen molar-refractivity contribution in [2.24, 2.45) is 16.5 Å². The number of aliphatic hydroxyl groups is 1. The standard InChI is InChI=1S/C26H38N8O6/c1-14(35)21(34-22(36)18-8-4-10-29-18)24(38)32-19(9-5-11-30-26(27)28)23(37)33-20(25(39)40)12-15-13-31-17-7-3-2-6-16(15)17/h2-3,6-7,13-14,18-21,29,31,35H,4-5,8-12H2,1H3,(H,32,38)(H,33,37)(H,34,36)(H,39,40)(H4,27,28,30). The molecule has 3 rings (SSSR count). The highest BCUT2D eigenvalue weighted by Crippen LogP contribution is 2.19. The van der Waals surface area contributed by atoms with E-state index < -0.39 is 54.0 Å². The number of guanidine groups is 1. The summed E-state index contributed by atoms with van der Waals surface area (Å²) < 4.78 is 0. The van der Waals surface area contributed by atoms with E-state index in [1.165, 1.54) is 6.92 Å². The number of para-hydroxylation sites is 1. The van der Waals surface area contributed by atoms with Crippen molar-refractivity contribution in [3.63, 3.8) is 0 Å². The number of carboxylic acids is 1. The molecule has 14 nitrogen and oxygen atoms in total. The van der Waals surface area contributed by atoms with Gasteiger partial charge in [0, 0.05) is 30.1 Å². The SMILES string of the molecule is CC(O)C(NC(=O)C1CCCN1)C(=O)NC(CCCN=C(N)N)C(=O)NC(Cc1c[nH]c2ccccc12)C(=O)O. The van der Waals surface area contributed by atoms with Crippen LogP contribution in [0, 0.1) is 0 Å². The van der Waals surface area contributed by atoms with Gasteiger partial charge in [-0.2, -0.15) is 0 Å². The second-order valence-electron chi connectivity index (χ2n) is 9.85. The highest BCUT2D eigenvalue weighted by atomic mass is 16.4. The molecule has 218 valence electrons. The van der Waals surface area contributed by atoms with Crippen molar-refractivity contribution in [3.8, 4) is 0 Å². The number of nitrogens with two attached hydrogens (primary N) is 2. The fraction of sp³-hybridized carbons (Fsp3) is 0.500. The molecule has 11 N–H and O–H groups in total. The van der Waals surface area contributed by atoms with Gasteiger partial charge in [0.25, 0.3) is 0 Å². The minimum absolute atomic E-state index is 0.000494. The number of carbonyl (C=O) groups excluding carboxylic acids is 3. The van der Waals surface area contributed by atoms with E-state index in [9.17, 15) is 29.4 Å². The van der Waals surface area contributed by atoms with Gasteiger partial charge >= 0.3 is 5.97 Å². The Morgan fingerprint density at radius 1 is 1.10 bits per heavy atom. The molecule has 2 heterocycles. The molecule has 14 heteroatoms. The van der Waals surface area contributed by atoms with Crippen LogP contribution < -0.4 is 32.7 Å². The van der Waals surface area contributed by atoms with Gasteiger partial charge in [0.2, 0.25) is 17.7 Å².